The van der Waals surface area contributed by atoms with Crippen molar-refractivity contribution in [1.82, 2.24) is 0 Å². The minimum atomic E-state index is -1.78. The third-order valence-corrected chi connectivity index (χ3v) is 11.1. The molecule has 0 fully saturated rings. The molecule has 3 aromatic carbocycles. The van der Waals surface area contributed by atoms with Gasteiger partial charge in [0.05, 0.1) is 6.61 Å². The van der Waals surface area contributed by atoms with Gasteiger partial charge in [-0.05, 0) is 52.4 Å². The van der Waals surface area contributed by atoms with Crippen LogP contribution in [0.1, 0.15) is 32.8 Å². The molecule has 2 N–H and O–H groups in total. The molecule has 35 heavy (non-hydrogen) atoms. The average Bonchev–Trinajstić information content (AvgIpc) is 2.83. The Hall–Kier alpha value is -2.58. The molecule has 0 aliphatic rings. The summed E-state index contributed by atoms with van der Waals surface area (Å²) < 4.78 is 18.5. The van der Waals surface area contributed by atoms with Gasteiger partial charge in [0, 0.05) is 13.0 Å². The highest BCUT2D eigenvalue weighted by Crippen LogP contribution is 2.37. The molecule has 0 atom stereocenters. The molecule has 0 spiro atoms. The number of ether oxygens (including phenoxy) is 2. The van der Waals surface area contributed by atoms with Gasteiger partial charge in [-0.2, -0.15) is 0 Å². The van der Waals surface area contributed by atoms with E-state index < -0.39 is 15.4 Å². The van der Waals surface area contributed by atoms with Gasteiger partial charge in [0.15, 0.2) is 19.8 Å². The molecule has 0 saturated carbocycles. The fourth-order valence-corrected chi connectivity index (χ4v) is 4.50. The molecule has 0 unspecified atom stereocenters. The Labute approximate surface area is 211 Å². The summed E-state index contributed by atoms with van der Waals surface area (Å²) in [7, 11) is -3.33. The monoisotopic (exact) mass is 492 g/mol. The van der Waals surface area contributed by atoms with E-state index in [0.717, 1.165) is 23.1 Å². The van der Waals surface area contributed by atoms with Crippen LogP contribution in [0.25, 0.3) is 11.1 Å². The number of benzene rings is 3. The molecule has 3 rings (SSSR count). The van der Waals surface area contributed by atoms with Crippen LogP contribution >= 0.6 is 0 Å². The highest BCUT2D eigenvalue weighted by molar-refractivity contribution is 6.74. The van der Waals surface area contributed by atoms with Crippen LogP contribution in [0, 0.1) is 0 Å². The molecule has 0 aromatic heterocycles. The van der Waals surface area contributed by atoms with Crippen molar-refractivity contribution < 1.29 is 23.9 Å². The summed E-state index contributed by atoms with van der Waals surface area (Å²) in [6.07, 6.45) is 0.784. The zero-order chi connectivity index (χ0) is 25.5. The summed E-state index contributed by atoms with van der Waals surface area (Å²) >= 11 is 0. The second-order valence-electron chi connectivity index (χ2n) is 10.2. The minimum absolute atomic E-state index is 0.181. The van der Waals surface area contributed by atoms with Gasteiger partial charge in [-0.1, -0.05) is 81.4 Å². The van der Waals surface area contributed by atoms with Gasteiger partial charge in [0.2, 0.25) is 0 Å². The fraction of sp³-hybridized carbons (Fsp3) is 0.357. The Morgan fingerprint density at radius 1 is 0.800 bits per heavy atom. The first-order valence-corrected chi connectivity index (χ1v) is 15.0. The van der Waals surface area contributed by atoms with Gasteiger partial charge >= 0.3 is 7.12 Å². The third kappa shape index (κ3) is 7.45. The van der Waals surface area contributed by atoms with E-state index in [-0.39, 0.29) is 5.04 Å². The van der Waals surface area contributed by atoms with Crippen LogP contribution in [0.5, 0.6) is 11.5 Å². The smallest absolute Gasteiger partial charge is 0.489 e. The van der Waals surface area contributed by atoms with Crippen LogP contribution in [-0.4, -0.2) is 38.7 Å². The van der Waals surface area contributed by atoms with Gasteiger partial charge in [-0.25, -0.2) is 0 Å². The first-order valence-electron chi connectivity index (χ1n) is 12.1. The van der Waals surface area contributed by atoms with Crippen molar-refractivity contribution in [3.05, 3.63) is 78.4 Å². The summed E-state index contributed by atoms with van der Waals surface area (Å²) in [6.45, 7) is 12.8. The van der Waals surface area contributed by atoms with Gasteiger partial charge in [0.1, 0.15) is 6.61 Å². The van der Waals surface area contributed by atoms with Gasteiger partial charge in [-0.3, -0.25) is 0 Å². The molecule has 3 aromatic rings. The second kappa shape index (κ2) is 11.9. The van der Waals surface area contributed by atoms with Gasteiger partial charge < -0.3 is 23.9 Å². The lowest BCUT2D eigenvalue weighted by atomic mass is 9.75. The van der Waals surface area contributed by atoms with E-state index in [1.807, 2.05) is 60.7 Å². The van der Waals surface area contributed by atoms with E-state index in [1.54, 1.807) is 12.1 Å². The summed E-state index contributed by atoms with van der Waals surface area (Å²) in [5.74, 6) is 1.26. The van der Waals surface area contributed by atoms with E-state index >= 15 is 0 Å². The van der Waals surface area contributed by atoms with Crippen LogP contribution in [0.15, 0.2) is 72.8 Å². The van der Waals surface area contributed by atoms with Crippen molar-refractivity contribution in [2.75, 3.05) is 13.2 Å². The number of hydrogen-bond acceptors (Lipinski definition) is 5. The van der Waals surface area contributed by atoms with Gasteiger partial charge in [0.25, 0.3) is 0 Å². The van der Waals surface area contributed by atoms with Crippen molar-refractivity contribution in [2.24, 2.45) is 0 Å². The van der Waals surface area contributed by atoms with Crippen molar-refractivity contribution in [3.8, 4) is 22.6 Å². The maximum Gasteiger partial charge on any atom is 0.489 e. The number of rotatable bonds is 11. The van der Waals surface area contributed by atoms with Crippen LogP contribution in [0.2, 0.25) is 18.1 Å². The summed E-state index contributed by atoms with van der Waals surface area (Å²) in [5, 5.41) is 19.8. The molecule has 0 radical (unpaired) electrons. The maximum atomic E-state index is 9.81. The Morgan fingerprint density at radius 2 is 1.49 bits per heavy atom. The second-order valence-corrected chi connectivity index (χ2v) is 15.0. The van der Waals surface area contributed by atoms with Crippen molar-refractivity contribution in [1.29, 1.82) is 0 Å². The minimum Gasteiger partial charge on any atom is -0.490 e. The lowest BCUT2D eigenvalue weighted by molar-refractivity contribution is 0.222. The Bertz CT molecular complexity index is 1080. The highest BCUT2D eigenvalue weighted by Gasteiger charge is 2.36. The van der Waals surface area contributed by atoms with Crippen LogP contribution in [0.4, 0.5) is 0 Å². The topological polar surface area (TPSA) is 68.2 Å². The Kier molecular flexibility index (Phi) is 9.19. The average molecular weight is 492 g/mol. The van der Waals surface area contributed by atoms with Gasteiger partial charge in [-0.15, -0.1) is 0 Å². The van der Waals surface area contributed by atoms with Crippen LogP contribution in [0.3, 0.4) is 0 Å². The summed E-state index contributed by atoms with van der Waals surface area (Å²) in [6, 6.07) is 22.9. The standard InChI is InChI=1S/C28H37BO5Si/c1-28(2,3)35(4,5)34-19-11-18-32-26-17-16-23(24-14-9-10-15-25(24)29(30)31)20-27(26)33-21-22-12-7-6-8-13-22/h6-10,12-17,20,30-31H,11,18-19,21H2,1-5H3. The van der Waals surface area contributed by atoms with E-state index in [9.17, 15) is 10.0 Å². The predicted octanol–water partition coefficient (Wildman–Crippen LogP) is 5.40. The van der Waals surface area contributed by atoms with Crippen molar-refractivity contribution in [2.45, 2.75) is 51.9 Å². The third-order valence-electron chi connectivity index (χ3n) is 6.55. The van der Waals surface area contributed by atoms with Crippen LogP contribution in [-0.2, 0) is 11.0 Å². The summed E-state index contributed by atoms with van der Waals surface area (Å²) in [4.78, 5) is 0. The van der Waals surface area contributed by atoms with Crippen molar-refractivity contribution >= 4 is 20.9 Å². The zero-order valence-electron chi connectivity index (χ0n) is 21.5. The molecule has 7 heteroatoms. The normalized spacial score (nSPS) is 11.9. The Balaban J connectivity index is 1.75. The molecule has 0 saturated heterocycles. The predicted molar refractivity (Wildman–Crippen MR) is 146 cm³/mol. The Morgan fingerprint density at radius 3 is 2.17 bits per heavy atom. The SMILES string of the molecule is CC(C)(C)[Si](C)(C)OCCCOc1ccc(-c2ccccc2B(O)O)cc1OCc1ccccc1. The molecule has 5 nitrogen and oxygen atoms in total. The maximum absolute atomic E-state index is 9.81. The number of hydrogen-bond donors (Lipinski definition) is 2. The molecule has 0 heterocycles. The molecule has 0 aliphatic carbocycles. The molecule has 0 amide bonds. The van der Waals surface area contributed by atoms with E-state index in [0.29, 0.717) is 36.8 Å². The molecular formula is C28H37BO5Si. The van der Waals surface area contributed by atoms with E-state index in [4.69, 9.17) is 13.9 Å². The molecule has 0 bridgehead atoms. The first-order chi connectivity index (χ1) is 16.6. The van der Waals surface area contributed by atoms with E-state index in [1.165, 1.54) is 0 Å². The lowest BCUT2D eigenvalue weighted by Crippen LogP contribution is -2.41. The van der Waals surface area contributed by atoms with Crippen LogP contribution < -0.4 is 14.9 Å². The zero-order valence-corrected chi connectivity index (χ0v) is 22.5. The summed E-state index contributed by atoms with van der Waals surface area (Å²) in [5.41, 5.74) is 3.06. The quantitative estimate of drug-likeness (QED) is 0.277. The fourth-order valence-electron chi connectivity index (χ4n) is 3.41. The molecule has 0 aliphatic heterocycles. The largest absolute Gasteiger partial charge is 0.490 e. The highest BCUT2D eigenvalue weighted by atomic mass is 28.4. The lowest BCUT2D eigenvalue weighted by Gasteiger charge is -2.36. The first kappa shape index (κ1) is 27.0. The molecule has 186 valence electrons. The van der Waals surface area contributed by atoms with Crippen molar-refractivity contribution in [3.63, 3.8) is 0 Å². The molecular weight excluding hydrogens is 455 g/mol. The van der Waals surface area contributed by atoms with E-state index in [2.05, 4.69) is 33.9 Å².